The molecule has 0 spiro atoms. The molecule has 4 nitrogen and oxygen atoms in total. The molecular weight excluding hydrogens is 342 g/mol. The minimum absolute atomic E-state index is 0.0965. The van der Waals surface area contributed by atoms with Crippen molar-refractivity contribution in [1.82, 2.24) is 0 Å². The van der Waals surface area contributed by atoms with E-state index in [4.69, 9.17) is 5.11 Å². The van der Waals surface area contributed by atoms with Gasteiger partial charge in [0.05, 0.1) is 5.56 Å². The molecular formula is C14H10BrNO3S. The van der Waals surface area contributed by atoms with Gasteiger partial charge in [0.1, 0.15) is 5.00 Å². The van der Waals surface area contributed by atoms with Gasteiger partial charge in [-0.15, -0.1) is 11.3 Å². The number of carbonyl (C=O) groups is 2. The number of nitrogens with one attached hydrogen (secondary N) is 1. The van der Waals surface area contributed by atoms with Gasteiger partial charge < -0.3 is 10.4 Å². The van der Waals surface area contributed by atoms with Crippen molar-refractivity contribution in [3.63, 3.8) is 0 Å². The summed E-state index contributed by atoms with van der Waals surface area (Å²) in [5, 5.41) is 13.5. The largest absolute Gasteiger partial charge is 0.478 e. The van der Waals surface area contributed by atoms with Crippen LogP contribution in [-0.4, -0.2) is 17.0 Å². The lowest BCUT2D eigenvalue weighted by Gasteiger charge is -2.00. The summed E-state index contributed by atoms with van der Waals surface area (Å²) in [7, 11) is 0. The molecule has 0 atom stereocenters. The van der Waals surface area contributed by atoms with E-state index in [0.29, 0.717) is 5.00 Å². The molecule has 0 aliphatic carbocycles. The summed E-state index contributed by atoms with van der Waals surface area (Å²) in [4.78, 5) is 22.7. The zero-order valence-corrected chi connectivity index (χ0v) is 12.6. The first-order chi connectivity index (χ1) is 9.56. The lowest BCUT2D eigenvalue weighted by molar-refractivity contribution is -0.111. The van der Waals surface area contributed by atoms with Crippen LogP contribution < -0.4 is 5.32 Å². The summed E-state index contributed by atoms with van der Waals surface area (Å²) >= 11 is 4.52. The van der Waals surface area contributed by atoms with Crippen LogP contribution in [0.15, 0.2) is 46.3 Å². The van der Waals surface area contributed by atoms with Gasteiger partial charge in [0.25, 0.3) is 0 Å². The molecule has 1 aromatic carbocycles. The summed E-state index contributed by atoms with van der Waals surface area (Å²) in [6.45, 7) is 0. The molecule has 0 radical (unpaired) electrons. The first-order valence-corrected chi connectivity index (χ1v) is 7.29. The number of carboxylic acids is 1. The van der Waals surface area contributed by atoms with Crippen LogP contribution in [0.5, 0.6) is 0 Å². The maximum absolute atomic E-state index is 11.7. The lowest BCUT2D eigenvalue weighted by atomic mass is 10.2. The second-order valence-electron chi connectivity index (χ2n) is 3.85. The highest BCUT2D eigenvalue weighted by molar-refractivity contribution is 9.10. The highest BCUT2D eigenvalue weighted by Crippen LogP contribution is 2.23. The van der Waals surface area contributed by atoms with Gasteiger partial charge in [-0.3, -0.25) is 4.79 Å². The van der Waals surface area contributed by atoms with Crippen LogP contribution in [0.1, 0.15) is 15.9 Å². The van der Waals surface area contributed by atoms with E-state index in [-0.39, 0.29) is 11.5 Å². The van der Waals surface area contributed by atoms with E-state index in [1.165, 1.54) is 23.5 Å². The fourth-order valence-electron chi connectivity index (χ4n) is 1.51. The van der Waals surface area contributed by atoms with Gasteiger partial charge in [0, 0.05) is 10.5 Å². The second kappa shape index (κ2) is 6.49. The minimum atomic E-state index is -1.06. The molecule has 0 bridgehead atoms. The molecule has 20 heavy (non-hydrogen) atoms. The van der Waals surface area contributed by atoms with E-state index in [2.05, 4.69) is 21.2 Å². The predicted molar refractivity (Wildman–Crippen MR) is 83.1 cm³/mol. The summed E-state index contributed by atoms with van der Waals surface area (Å²) in [6, 6.07) is 8.95. The number of carbonyl (C=O) groups excluding carboxylic acids is 1. The summed E-state index contributed by atoms with van der Waals surface area (Å²) in [5.41, 5.74) is 0.971. The Labute approximate surface area is 127 Å². The zero-order valence-electron chi connectivity index (χ0n) is 10.2. The Morgan fingerprint density at radius 2 is 2.10 bits per heavy atom. The van der Waals surface area contributed by atoms with Crippen molar-refractivity contribution >= 4 is 50.2 Å². The molecule has 2 rings (SSSR count). The highest BCUT2D eigenvalue weighted by atomic mass is 79.9. The lowest BCUT2D eigenvalue weighted by Crippen LogP contribution is -2.09. The van der Waals surface area contributed by atoms with Crippen molar-refractivity contribution < 1.29 is 14.7 Å². The van der Waals surface area contributed by atoms with Crippen molar-refractivity contribution in [3.05, 3.63) is 57.4 Å². The maximum atomic E-state index is 11.7. The zero-order chi connectivity index (χ0) is 14.5. The molecule has 1 aromatic heterocycles. The Balaban J connectivity index is 2.06. The number of hydrogen-bond donors (Lipinski definition) is 2. The summed E-state index contributed by atoms with van der Waals surface area (Å²) in [6.07, 6.45) is 3.03. The SMILES string of the molecule is O=C(/C=C/c1cccc(Br)c1)Nc1sccc1C(=O)O. The Hall–Kier alpha value is -1.92. The number of rotatable bonds is 4. The van der Waals surface area contributed by atoms with E-state index in [1.807, 2.05) is 24.3 Å². The van der Waals surface area contributed by atoms with E-state index >= 15 is 0 Å². The van der Waals surface area contributed by atoms with Crippen LogP contribution in [0.3, 0.4) is 0 Å². The van der Waals surface area contributed by atoms with E-state index in [0.717, 1.165) is 10.0 Å². The van der Waals surface area contributed by atoms with Crippen LogP contribution in [-0.2, 0) is 4.79 Å². The molecule has 102 valence electrons. The monoisotopic (exact) mass is 351 g/mol. The Bertz CT molecular complexity index is 679. The normalized spacial score (nSPS) is 10.7. The summed E-state index contributed by atoms with van der Waals surface area (Å²) in [5.74, 6) is -1.42. The van der Waals surface area contributed by atoms with E-state index in [1.54, 1.807) is 11.5 Å². The number of anilines is 1. The molecule has 0 unspecified atom stereocenters. The molecule has 2 N–H and O–H groups in total. The average Bonchev–Trinajstić information content (AvgIpc) is 2.85. The minimum Gasteiger partial charge on any atom is -0.478 e. The van der Waals surface area contributed by atoms with Gasteiger partial charge in [-0.25, -0.2) is 4.79 Å². The molecule has 1 heterocycles. The third kappa shape index (κ3) is 3.79. The third-order valence-corrected chi connectivity index (χ3v) is 3.73. The van der Waals surface area contributed by atoms with Crippen molar-refractivity contribution in [2.45, 2.75) is 0 Å². The van der Waals surface area contributed by atoms with E-state index < -0.39 is 5.97 Å². The van der Waals surface area contributed by atoms with Gasteiger partial charge in [0.2, 0.25) is 5.91 Å². The van der Waals surface area contributed by atoms with Crippen molar-refractivity contribution in [2.75, 3.05) is 5.32 Å². The van der Waals surface area contributed by atoms with Crippen LogP contribution in [0.2, 0.25) is 0 Å². The standard InChI is InChI=1S/C14H10BrNO3S/c15-10-3-1-2-9(8-10)4-5-12(17)16-13-11(14(18)19)6-7-20-13/h1-8H,(H,16,17)(H,18,19)/b5-4+. The summed E-state index contributed by atoms with van der Waals surface area (Å²) < 4.78 is 0.923. The average molecular weight is 352 g/mol. The fourth-order valence-corrected chi connectivity index (χ4v) is 2.71. The second-order valence-corrected chi connectivity index (χ2v) is 5.68. The first kappa shape index (κ1) is 14.5. The number of hydrogen-bond acceptors (Lipinski definition) is 3. The van der Waals surface area contributed by atoms with Crippen LogP contribution >= 0.6 is 27.3 Å². The Kier molecular flexibility index (Phi) is 4.70. The molecule has 6 heteroatoms. The van der Waals surface area contributed by atoms with Gasteiger partial charge in [-0.1, -0.05) is 28.1 Å². The van der Waals surface area contributed by atoms with Crippen molar-refractivity contribution in [2.24, 2.45) is 0 Å². The molecule has 0 fully saturated rings. The topological polar surface area (TPSA) is 66.4 Å². The first-order valence-electron chi connectivity index (χ1n) is 5.61. The molecule has 0 saturated carbocycles. The molecule has 2 aromatic rings. The number of aromatic carboxylic acids is 1. The fraction of sp³-hybridized carbons (Fsp3) is 0. The highest BCUT2D eigenvalue weighted by Gasteiger charge is 2.12. The quantitative estimate of drug-likeness (QED) is 0.821. The van der Waals surface area contributed by atoms with Gasteiger partial charge in [0.15, 0.2) is 0 Å². The van der Waals surface area contributed by atoms with Gasteiger partial charge in [-0.2, -0.15) is 0 Å². The Morgan fingerprint density at radius 3 is 2.80 bits per heavy atom. The number of amides is 1. The maximum Gasteiger partial charge on any atom is 0.338 e. The number of halogens is 1. The smallest absolute Gasteiger partial charge is 0.338 e. The van der Waals surface area contributed by atoms with E-state index in [9.17, 15) is 9.59 Å². The predicted octanol–water partition coefficient (Wildman–Crippen LogP) is 3.86. The van der Waals surface area contributed by atoms with Gasteiger partial charge in [-0.05, 0) is 35.2 Å². The van der Waals surface area contributed by atoms with Gasteiger partial charge >= 0.3 is 5.97 Å². The molecule has 0 aliphatic rings. The number of benzene rings is 1. The van der Waals surface area contributed by atoms with Crippen LogP contribution in [0.25, 0.3) is 6.08 Å². The van der Waals surface area contributed by atoms with Crippen molar-refractivity contribution in [1.29, 1.82) is 0 Å². The molecule has 0 saturated heterocycles. The van der Waals surface area contributed by atoms with Crippen LogP contribution in [0, 0.1) is 0 Å². The molecule has 0 aliphatic heterocycles. The number of carboxylic acid groups (broad SMARTS) is 1. The Morgan fingerprint density at radius 1 is 1.30 bits per heavy atom. The number of thiophene rings is 1. The molecule has 1 amide bonds. The van der Waals surface area contributed by atoms with Crippen LogP contribution in [0.4, 0.5) is 5.00 Å². The van der Waals surface area contributed by atoms with Crippen molar-refractivity contribution in [3.8, 4) is 0 Å². The third-order valence-electron chi connectivity index (χ3n) is 2.41.